The number of benzene rings is 4. The largest absolute Gasteiger partial charge is 0.370 e. The number of hydrogen-bond donors (Lipinski definition) is 5. The number of carbonyl (C=O) groups is 4. The molecule has 4 aromatic carbocycles. The fourth-order valence-electron chi connectivity index (χ4n) is 6.18. The lowest BCUT2D eigenvalue weighted by Gasteiger charge is -2.25. The van der Waals surface area contributed by atoms with Crippen molar-refractivity contribution in [1.82, 2.24) is 25.9 Å². The van der Waals surface area contributed by atoms with Crippen molar-refractivity contribution < 1.29 is 19.2 Å². The van der Waals surface area contributed by atoms with Crippen molar-refractivity contribution in [3.8, 4) is 0 Å². The first kappa shape index (κ1) is 38.7. The van der Waals surface area contributed by atoms with Crippen LogP contribution in [0.2, 0.25) is 0 Å². The zero-order valence-electron chi connectivity index (χ0n) is 30.0. The highest BCUT2D eigenvalue weighted by molar-refractivity contribution is 7.20. The van der Waals surface area contributed by atoms with Crippen LogP contribution in [0.3, 0.4) is 0 Å². The first-order valence-corrected chi connectivity index (χ1v) is 19.7. The summed E-state index contributed by atoms with van der Waals surface area (Å²) in [7, 11) is 0. The Balaban J connectivity index is 1.25. The van der Waals surface area contributed by atoms with E-state index in [4.69, 9.17) is 11.5 Å². The molecule has 3 atom stereocenters. The van der Waals surface area contributed by atoms with Gasteiger partial charge in [0.25, 0.3) is 0 Å². The molecule has 0 spiro atoms. The molecule has 2 heterocycles. The number of nitrogens with two attached hydrogens (primary N) is 2. The van der Waals surface area contributed by atoms with Gasteiger partial charge in [-0.1, -0.05) is 84.9 Å². The summed E-state index contributed by atoms with van der Waals surface area (Å²) in [6, 6.07) is 27.6. The molecular formula is C41H42N8O4S2. The predicted octanol–water partition coefficient (Wildman–Crippen LogP) is 4.71. The number of carbonyl (C=O) groups excluding carboxylic acids is 4. The molecule has 282 valence electrons. The average molecular weight is 775 g/mol. The number of Topliss-reactive ketones (excluding diaryl/α,β-unsaturated/α-hetero) is 1. The Bertz CT molecular complexity index is 2240. The van der Waals surface area contributed by atoms with Crippen LogP contribution in [0.25, 0.3) is 21.0 Å². The number of para-hydroxylation sites is 1. The molecule has 12 nitrogen and oxygen atoms in total. The van der Waals surface area contributed by atoms with E-state index in [0.717, 1.165) is 26.6 Å². The lowest BCUT2D eigenvalue weighted by atomic mass is 9.99. The third-order valence-corrected chi connectivity index (χ3v) is 10.7. The van der Waals surface area contributed by atoms with Gasteiger partial charge in [-0.05, 0) is 53.3 Å². The highest BCUT2D eigenvalue weighted by atomic mass is 32.1. The van der Waals surface area contributed by atoms with Crippen LogP contribution in [0.1, 0.15) is 45.9 Å². The third-order valence-electron chi connectivity index (χ3n) is 9.00. The number of nitrogens with one attached hydrogen (secondary N) is 3. The van der Waals surface area contributed by atoms with Crippen molar-refractivity contribution in [2.24, 2.45) is 16.5 Å². The van der Waals surface area contributed by atoms with Crippen LogP contribution >= 0.6 is 22.7 Å². The number of aliphatic imine (C=N–C) groups is 1. The van der Waals surface area contributed by atoms with Crippen molar-refractivity contribution in [2.75, 3.05) is 6.54 Å². The maximum absolute atomic E-state index is 14.4. The second-order valence-electron chi connectivity index (χ2n) is 13.1. The highest BCUT2D eigenvalue weighted by Gasteiger charge is 2.31. The van der Waals surface area contributed by atoms with Crippen LogP contribution in [-0.4, -0.2) is 64.1 Å². The number of ketones is 1. The summed E-state index contributed by atoms with van der Waals surface area (Å²) >= 11 is 2.63. The molecule has 55 heavy (non-hydrogen) atoms. The van der Waals surface area contributed by atoms with Gasteiger partial charge in [0.2, 0.25) is 23.5 Å². The zero-order chi connectivity index (χ0) is 38.6. The summed E-state index contributed by atoms with van der Waals surface area (Å²) in [4.78, 5) is 68.7. The van der Waals surface area contributed by atoms with Gasteiger partial charge >= 0.3 is 0 Å². The lowest BCUT2D eigenvalue weighted by molar-refractivity contribution is -0.132. The van der Waals surface area contributed by atoms with Crippen LogP contribution in [-0.2, 0) is 33.6 Å². The number of aromatic nitrogens is 2. The molecule has 0 radical (unpaired) electrons. The van der Waals surface area contributed by atoms with Gasteiger partial charge in [-0.2, -0.15) is 0 Å². The van der Waals surface area contributed by atoms with Gasteiger partial charge in [-0.3, -0.25) is 24.2 Å². The molecule has 0 fully saturated rings. The summed E-state index contributed by atoms with van der Waals surface area (Å²) in [6.45, 7) is 0.251. The molecule has 3 amide bonds. The minimum absolute atomic E-state index is 0.0735. The zero-order valence-corrected chi connectivity index (χ0v) is 31.7. The maximum atomic E-state index is 14.4. The van der Waals surface area contributed by atoms with Gasteiger partial charge in [0.15, 0.2) is 11.0 Å². The Hall–Kier alpha value is -5.99. The normalized spacial score (nSPS) is 12.7. The predicted molar refractivity (Wildman–Crippen MR) is 218 cm³/mol. The van der Waals surface area contributed by atoms with E-state index in [1.165, 1.54) is 22.7 Å². The molecular weight excluding hydrogens is 733 g/mol. The summed E-state index contributed by atoms with van der Waals surface area (Å²) in [5.74, 6) is -1.86. The second kappa shape index (κ2) is 18.9. The molecule has 6 aromatic rings. The Morgan fingerprint density at radius 2 is 1.45 bits per heavy atom. The molecule has 0 bridgehead atoms. The molecule has 0 aliphatic carbocycles. The minimum atomic E-state index is -1.11. The molecule has 6 rings (SSSR count). The third kappa shape index (κ3) is 11.0. The van der Waals surface area contributed by atoms with Crippen LogP contribution in [0.4, 0.5) is 0 Å². The number of nitrogens with zero attached hydrogens (tertiary/aromatic N) is 3. The van der Waals surface area contributed by atoms with Gasteiger partial charge < -0.3 is 27.4 Å². The second-order valence-corrected chi connectivity index (χ2v) is 14.8. The quantitative estimate of drug-likeness (QED) is 0.0358. The molecule has 0 saturated carbocycles. The minimum Gasteiger partial charge on any atom is -0.370 e. The molecule has 14 heteroatoms. The Labute approximate surface area is 326 Å². The summed E-state index contributed by atoms with van der Waals surface area (Å²) in [6.07, 6.45) is 1.52. The van der Waals surface area contributed by atoms with E-state index in [1.807, 2.05) is 102 Å². The first-order chi connectivity index (χ1) is 26.7. The number of thiazole rings is 2. The number of hydrogen-bond acceptors (Lipinski definition) is 9. The lowest BCUT2D eigenvalue weighted by Crippen LogP contribution is -2.57. The van der Waals surface area contributed by atoms with E-state index in [0.29, 0.717) is 24.1 Å². The average Bonchev–Trinajstić information content (AvgIpc) is 3.88. The van der Waals surface area contributed by atoms with E-state index in [2.05, 4.69) is 30.9 Å². The van der Waals surface area contributed by atoms with Gasteiger partial charge in [-0.25, -0.2) is 9.97 Å². The van der Waals surface area contributed by atoms with Crippen LogP contribution in [0.5, 0.6) is 0 Å². The number of guanidine groups is 1. The maximum Gasteiger partial charge on any atom is 0.243 e. The molecule has 0 saturated heterocycles. The van der Waals surface area contributed by atoms with Gasteiger partial charge in [0.1, 0.15) is 12.1 Å². The summed E-state index contributed by atoms with van der Waals surface area (Å²) < 4.78 is 0.842. The standard InChI is InChI=1S/C41H42N8O4S2/c42-41(43)44-20-8-14-32(37(51)40-49-31-13-6-7-15-35(31)55-40)47-38(52)33(22-27-16-18-28-11-4-5-12-29(28)21-27)48-39(53)34(23-30-24-54-25-45-30)46-36(50)19-17-26-9-2-1-3-10-26/h1-7,9-13,15-16,18,21,24-25,32-34H,8,14,17,19-20,22-23H2,(H,46,50)(H,47,52)(H,48,53)(H4,42,43,44)/t32-,33-,34-/m0/s1. The Morgan fingerprint density at radius 3 is 2.20 bits per heavy atom. The number of rotatable bonds is 18. The summed E-state index contributed by atoms with van der Waals surface area (Å²) in [5.41, 5.74) is 15.8. The SMILES string of the molecule is NC(N)=NCCC[C@H](NC(=O)[C@H](Cc1ccc2ccccc2c1)NC(=O)[C@H](Cc1cscn1)NC(=O)CCc1ccccc1)C(=O)c1nc2ccccc2s1. The first-order valence-electron chi connectivity index (χ1n) is 18.0. The fraction of sp³-hybridized carbons (Fsp3) is 0.244. The molecule has 2 aromatic heterocycles. The number of aryl methyl sites for hydroxylation is 1. The van der Waals surface area contributed by atoms with E-state index < -0.39 is 29.9 Å². The van der Waals surface area contributed by atoms with E-state index >= 15 is 0 Å². The van der Waals surface area contributed by atoms with E-state index in [1.54, 1.807) is 5.51 Å². The van der Waals surface area contributed by atoms with Crippen molar-refractivity contribution in [2.45, 2.75) is 56.7 Å². The topological polar surface area (TPSA) is 195 Å². The Morgan fingerprint density at radius 1 is 0.745 bits per heavy atom. The number of fused-ring (bicyclic) bond motifs is 2. The van der Waals surface area contributed by atoms with Crippen molar-refractivity contribution >= 4 is 73.1 Å². The molecule has 0 unspecified atom stereocenters. The van der Waals surface area contributed by atoms with E-state index in [9.17, 15) is 19.2 Å². The molecule has 0 aliphatic rings. The fourth-order valence-corrected chi connectivity index (χ4v) is 7.71. The van der Waals surface area contributed by atoms with Crippen molar-refractivity contribution in [3.05, 3.63) is 130 Å². The Kier molecular flexibility index (Phi) is 13.3. The van der Waals surface area contributed by atoms with Gasteiger partial charge in [-0.15, -0.1) is 22.7 Å². The summed E-state index contributed by atoms with van der Waals surface area (Å²) in [5, 5.41) is 12.8. The number of amides is 3. The van der Waals surface area contributed by atoms with Crippen molar-refractivity contribution in [1.29, 1.82) is 0 Å². The smallest absolute Gasteiger partial charge is 0.243 e. The van der Waals surface area contributed by atoms with Crippen LogP contribution < -0.4 is 27.4 Å². The molecule has 0 aliphatic heterocycles. The van der Waals surface area contributed by atoms with Crippen LogP contribution in [0.15, 0.2) is 113 Å². The van der Waals surface area contributed by atoms with E-state index in [-0.39, 0.29) is 54.9 Å². The molecule has 7 N–H and O–H groups in total. The van der Waals surface area contributed by atoms with Crippen molar-refractivity contribution in [3.63, 3.8) is 0 Å². The van der Waals surface area contributed by atoms with Crippen LogP contribution in [0, 0.1) is 0 Å². The monoisotopic (exact) mass is 774 g/mol. The highest BCUT2D eigenvalue weighted by Crippen LogP contribution is 2.24. The van der Waals surface area contributed by atoms with Gasteiger partial charge in [0, 0.05) is 31.2 Å². The van der Waals surface area contributed by atoms with Gasteiger partial charge in [0.05, 0.1) is 27.5 Å².